The van der Waals surface area contributed by atoms with Gasteiger partial charge in [0.1, 0.15) is 0 Å². The zero-order valence-corrected chi connectivity index (χ0v) is 14.5. The lowest BCUT2D eigenvalue weighted by atomic mass is 9.90. The van der Waals surface area contributed by atoms with Crippen molar-refractivity contribution in [1.29, 1.82) is 0 Å². The second-order valence-electron chi connectivity index (χ2n) is 6.25. The molecule has 0 heterocycles. The van der Waals surface area contributed by atoms with Gasteiger partial charge < -0.3 is 0 Å². The standard InChI is InChI=1S/C23H20O2/c1-16-13-20(15-22(24)18-9-5-3-6-10-18)21(14-17(16)2)23(25)19-11-7-4-8-12-19/h3-14H,15H2,1-2H3. The Kier molecular flexibility index (Phi) is 4.90. The molecule has 0 saturated carbocycles. The van der Waals surface area contributed by atoms with Crippen molar-refractivity contribution in [3.63, 3.8) is 0 Å². The van der Waals surface area contributed by atoms with Crippen LogP contribution in [0.4, 0.5) is 0 Å². The van der Waals surface area contributed by atoms with Crippen LogP contribution in [0.15, 0.2) is 72.8 Å². The van der Waals surface area contributed by atoms with Crippen molar-refractivity contribution in [2.24, 2.45) is 0 Å². The van der Waals surface area contributed by atoms with Crippen LogP contribution in [-0.2, 0) is 6.42 Å². The van der Waals surface area contributed by atoms with E-state index in [0.29, 0.717) is 16.7 Å². The molecule has 0 atom stereocenters. The van der Waals surface area contributed by atoms with Gasteiger partial charge in [0.15, 0.2) is 11.6 Å². The number of carbonyl (C=O) groups excluding carboxylic acids is 2. The molecule has 0 spiro atoms. The van der Waals surface area contributed by atoms with Crippen molar-refractivity contribution in [1.82, 2.24) is 0 Å². The van der Waals surface area contributed by atoms with Gasteiger partial charge in [-0.25, -0.2) is 0 Å². The monoisotopic (exact) mass is 328 g/mol. The molecule has 3 aromatic rings. The Morgan fingerprint density at radius 2 is 1.24 bits per heavy atom. The highest BCUT2D eigenvalue weighted by Crippen LogP contribution is 2.21. The van der Waals surface area contributed by atoms with Gasteiger partial charge in [-0.1, -0.05) is 66.7 Å². The number of aryl methyl sites for hydroxylation is 2. The first kappa shape index (κ1) is 16.8. The zero-order valence-electron chi connectivity index (χ0n) is 14.5. The van der Waals surface area contributed by atoms with Crippen molar-refractivity contribution in [2.75, 3.05) is 0 Å². The first-order valence-electron chi connectivity index (χ1n) is 8.34. The van der Waals surface area contributed by atoms with Crippen LogP contribution in [0.3, 0.4) is 0 Å². The molecule has 0 saturated heterocycles. The average Bonchev–Trinajstić information content (AvgIpc) is 2.65. The fraction of sp³-hybridized carbons (Fsp3) is 0.130. The predicted molar refractivity (Wildman–Crippen MR) is 100 cm³/mol. The number of hydrogen-bond acceptors (Lipinski definition) is 2. The largest absolute Gasteiger partial charge is 0.294 e. The molecule has 2 heteroatoms. The van der Waals surface area contributed by atoms with E-state index in [0.717, 1.165) is 16.7 Å². The fourth-order valence-electron chi connectivity index (χ4n) is 2.88. The summed E-state index contributed by atoms with van der Waals surface area (Å²) in [5.41, 5.74) is 4.83. The average molecular weight is 328 g/mol. The van der Waals surface area contributed by atoms with E-state index in [4.69, 9.17) is 0 Å². The van der Waals surface area contributed by atoms with E-state index in [1.165, 1.54) is 0 Å². The van der Waals surface area contributed by atoms with Gasteiger partial charge in [-0.05, 0) is 36.6 Å². The lowest BCUT2D eigenvalue weighted by molar-refractivity contribution is 0.0992. The summed E-state index contributed by atoms with van der Waals surface area (Å²) in [6.07, 6.45) is 0.221. The van der Waals surface area contributed by atoms with E-state index in [2.05, 4.69) is 0 Å². The molecule has 3 rings (SSSR count). The summed E-state index contributed by atoms with van der Waals surface area (Å²) in [6.45, 7) is 3.99. The molecule has 3 aromatic carbocycles. The van der Waals surface area contributed by atoms with Crippen LogP contribution < -0.4 is 0 Å². The summed E-state index contributed by atoms with van der Waals surface area (Å²) < 4.78 is 0. The van der Waals surface area contributed by atoms with Gasteiger partial charge >= 0.3 is 0 Å². The van der Waals surface area contributed by atoms with Crippen molar-refractivity contribution in [3.8, 4) is 0 Å². The Morgan fingerprint density at radius 3 is 1.84 bits per heavy atom. The molecule has 0 N–H and O–H groups in total. The van der Waals surface area contributed by atoms with Crippen LogP contribution in [0.25, 0.3) is 0 Å². The highest BCUT2D eigenvalue weighted by molar-refractivity contribution is 6.11. The number of benzene rings is 3. The molecular formula is C23H20O2. The Morgan fingerprint density at radius 1 is 0.720 bits per heavy atom. The minimum atomic E-state index is -0.0421. The summed E-state index contributed by atoms with van der Waals surface area (Å²) in [6, 6.07) is 22.3. The van der Waals surface area contributed by atoms with E-state index in [9.17, 15) is 9.59 Å². The van der Waals surface area contributed by atoms with Crippen LogP contribution in [0, 0.1) is 13.8 Å². The molecule has 0 aliphatic heterocycles. The number of carbonyl (C=O) groups is 2. The first-order valence-corrected chi connectivity index (χ1v) is 8.34. The summed E-state index contributed by atoms with van der Waals surface area (Å²) >= 11 is 0. The topological polar surface area (TPSA) is 34.1 Å². The quantitative estimate of drug-likeness (QED) is 0.620. The van der Waals surface area contributed by atoms with Gasteiger partial charge in [-0.3, -0.25) is 9.59 Å². The van der Waals surface area contributed by atoms with Gasteiger partial charge in [0, 0.05) is 23.1 Å². The molecule has 2 nitrogen and oxygen atoms in total. The molecular weight excluding hydrogens is 308 g/mol. The second kappa shape index (κ2) is 7.27. The molecule has 124 valence electrons. The normalized spacial score (nSPS) is 10.5. The molecule has 0 unspecified atom stereocenters. The van der Waals surface area contributed by atoms with Gasteiger partial charge in [-0.15, -0.1) is 0 Å². The third-order valence-corrected chi connectivity index (χ3v) is 4.45. The SMILES string of the molecule is Cc1cc(CC(=O)c2ccccc2)c(C(=O)c2ccccc2)cc1C. The predicted octanol–water partition coefficient (Wildman–Crippen LogP) is 4.96. The van der Waals surface area contributed by atoms with Gasteiger partial charge in [0.25, 0.3) is 0 Å². The minimum absolute atomic E-state index is 0.0194. The minimum Gasteiger partial charge on any atom is -0.294 e. The van der Waals surface area contributed by atoms with E-state index in [1.54, 1.807) is 12.1 Å². The second-order valence-corrected chi connectivity index (χ2v) is 6.25. The van der Waals surface area contributed by atoms with Gasteiger partial charge in [0.2, 0.25) is 0 Å². The molecule has 0 bridgehead atoms. The third-order valence-electron chi connectivity index (χ3n) is 4.45. The molecule has 0 amide bonds. The fourth-order valence-corrected chi connectivity index (χ4v) is 2.88. The summed E-state index contributed by atoms with van der Waals surface area (Å²) in [4.78, 5) is 25.5. The molecule has 25 heavy (non-hydrogen) atoms. The molecule has 0 aromatic heterocycles. The summed E-state index contributed by atoms with van der Waals surface area (Å²) in [7, 11) is 0. The third kappa shape index (κ3) is 3.74. The van der Waals surface area contributed by atoms with Crippen molar-refractivity contribution < 1.29 is 9.59 Å². The molecule has 0 radical (unpaired) electrons. The Balaban J connectivity index is 2.00. The number of Topliss-reactive ketones (excluding diaryl/α,β-unsaturated/α-hetero) is 1. The maximum absolute atomic E-state index is 12.9. The summed E-state index contributed by atoms with van der Waals surface area (Å²) in [5.74, 6) is -0.0227. The number of hydrogen-bond donors (Lipinski definition) is 0. The zero-order chi connectivity index (χ0) is 17.8. The number of rotatable bonds is 5. The Hall–Kier alpha value is -3.00. The molecule has 0 fully saturated rings. The van der Waals surface area contributed by atoms with Gasteiger partial charge in [0.05, 0.1) is 0 Å². The van der Waals surface area contributed by atoms with E-state index in [1.807, 2.05) is 74.5 Å². The van der Waals surface area contributed by atoms with Crippen LogP contribution in [-0.4, -0.2) is 11.6 Å². The lowest BCUT2D eigenvalue weighted by Gasteiger charge is -2.12. The Labute approximate surface area is 148 Å². The van der Waals surface area contributed by atoms with Gasteiger partial charge in [-0.2, -0.15) is 0 Å². The highest BCUT2D eigenvalue weighted by atomic mass is 16.1. The maximum Gasteiger partial charge on any atom is 0.193 e. The van der Waals surface area contributed by atoms with Crippen molar-refractivity contribution in [2.45, 2.75) is 20.3 Å². The van der Waals surface area contributed by atoms with E-state index < -0.39 is 0 Å². The van der Waals surface area contributed by atoms with Crippen LogP contribution >= 0.6 is 0 Å². The van der Waals surface area contributed by atoms with Crippen molar-refractivity contribution in [3.05, 3.63) is 106 Å². The van der Waals surface area contributed by atoms with Crippen LogP contribution in [0.2, 0.25) is 0 Å². The Bertz CT molecular complexity index is 910. The number of ketones is 2. The smallest absolute Gasteiger partial charge is 0.193 e. The van der Waals surface area contributed by atoms with E-state index in [-0.39, 0.29) is 18.0 Å². The molecule has 0 aliphatic carbocycles. The maximum atomic E-state index is 12.9. The lowest BCUT2D eigenvalue weighted by Crippen LogP contribution is -2.11. The van der Waals surface area contributed by atoms with E-state index >= 15 is 0 Å². The highest BCUT2D eigenvalue weighted by Gasteiger charge is 2.17. The van der Waals surface area contributed by atoms with Crippen LogP contribution in [0.5, 0.6) is 0 Å². The van der Waals surface area contributed by atoms with Crippen LogP contribution in [0.1, 0.15) is 43.0 Å². The summed E-state index contributed by atoms with van der Waals surface area (Å²) in [5, 5.41) is 0. The first-order chi connectivity index (χ1) is 12.1. The molecule has 0 aliphatic rings. The van der Waals surface area contributed by atoms with Crippen molar-refractivity contribution >= 4 is 11.6 Å².